The van der Waals surface area contributed by atoms with Gasteiger partial charge in [0.15, 0.2) is 12.2 Å². The van der Waals surface area contributed by atoms with Crippen LogP contribution in [-0.2, 0) is 9.59 Å². The Hall–Kier alpha value is -1.22. The average Bonchev–Trinajstić information content (AvgIpc) is 2.31. The molecule has 1 aliphatic heterocycles. The van der Waals surface area contributed by atoms with Crippen molar-refractivity contribution < 1.29 is 30.0 Å². The quantitative estimate of drug-likeness (QED) is 0.450. The summed E-state index contributed by atoms with van der Waals surface area (Å²) < 4.78 is 0. The van der Waals surface area contributed by atoms with Crippen LogP contribution in [0.4, 0.5) is 0 Å². The molecule has 0 aliphatic carbocycles. The van der Waals surface area contributed by atoms with Crippen molar-refractivity contribution in [3.63, 3.8) is 0 Å². The minimum Gasteiger partial charge on any atom is -0.479 e. The third-order valence-corrected chi connectivity index (χ3v) is 2.53. The van der Waals surface area contributed by atoms with E-state index in [2.05, 4.69) is 23.9 Å². The van der Waals surface area contributed by atoms with Crippen molar-refractivity contribution in [3.8, 4) is 0 Å². The molecule has 18 heavy (non-hydrogen) atoms. The molecule has 1 heterocycles. The molecule has 1 rings (SSSR count). The summed E-state index contributed by atoms with van der Waals surface area (Å²) in [5.41, 5.74) is 0. The summed E-state index contributed by atoms with van der Waals surface area (Å²) >= 11 is 0. The fourth-order valence-corrected chi connectivity index (χ4v) is 1.18. The molecular formula is C10H20N2O6. The van der Waals surface area contributed by atoms with Crippen LogP contribution in [0.15, 0.2) is 0 Å². The van der Waals surface area contributed by atoms with Crippen molar-refractivity contribution in [2.45, 2.75) is 12.2 Å². The van der Waals surface area contributed by atoms with Crippen molar-refractivity contribution in [1.29, 1.82) is 0 Å². The minimum atomic E-state index is -2.27. The summed E-state index contributed by atoms with van der Waals surface area (Å²) in [6.07, 6.45) is -4.53. The number of aliphatic carboxylic acids is 2. The number of aliphatic hydroxyl groups excluding tert-OH is 2. The molecule has 0 bridgehead atoms. The molecular weight excluding hydrogens is 244 g/mol. The van der Waals surface area contributed by atoms with Crippen LogP contribution in [0.1, 0.15) is 0 Å². The first kappa shape index (κ1) is 16.8. The normalized spacial score (nSPS) is 20.4. The number of hydrogen-bond donors (Lipinski definition) is 4. The molecule has 0 spiro atoms. The molecule has 4 N–H and O–H groups in total. The SMILES string of the molecule is CN1CCN(C)CC1.O=C(O)C(O)C(O)C(=O)O. The van der Waals surface area contributed by atoms with Gasteiger partial charge in [-0.25, -0.2) is 9.59 Å². The minimum absolute atomic E-state index is 1.23. The first-order valence-electron chi connectivity index (χ1n) is 5.44. The lowest BCUT2D eigenvalue weighted by Crippen LogP contribution is -2.42. The van der Waals surface area contributed by atoms with Gasteiger partial charge in [-0.3, -0.25) is 0 Å². The van der Waals surface area contributed by atoms with Gasteiger partial charge >= 0.3 is 11.9 Å². The molecule has 0 aromatic carbocycles. The van der Waals surface area contributed by atoms with E-state index in [4.69, 9.17) is 20.4 Å². The van der Waals surface area contributed by atoms with E-state index in [1.807, 2.05) is 0 Å². The number of carboxylic acid groups (broad SMARTS) is 2. The molecule has 0 amide bonds. The number of hydrogen-bond acceptors (Lipinski definition) is 6. The fourth-order valence-electron chi connectivity index (χ4n) is 1.18. The van der Waals surface area contributed by atoms with Gasteiger partial charge in [0.2, 0.25) is 0 Å². The van der Waals surface area contributed by atoms with Crippen molar-refractivity contribution in [1.82, 2.24) is 9.80 Å². The highest BCUT2D eigenvalue weighted by atomic mass is 16.4. The Kier molecular flexibility index (Phi) is 7.44. The molecule has 2 atom stereocenters. The zero-order valence-electron chi connectivity index (χ0n) is 10.5. The Balaban J connectivity index is 0.000000327. The summed E-state index contributed by atoms with van der Waals surface area (Å²) in [6, 6.07) is 0. The second-order valence-corrected chi connectivity index (χ2v) is 4.17. The largest absolute Gasteiger partial charge is 0.479 e. The van der Waals surface area contributed by atoms with E-state index in [1.165, 1.54) is 26.2 Å². The van der Waals surface area contributed by atoms with E-state index in [9.17, 15) is 9.59 Å². The maximum Gasteiger partial charge on any atom is 0.335 e. The lowest BCUT2D eigenvalue weighted by molar-refractivity contribution is -0.165. The van der Waals surface area contributed by atoms with E-state index in [0.29, 0.717) is 0 Å². The summed E-state index contributed by atoms with van der Waals surface area (Å²) in [5.74, 6) is -3.54. The zero-order chi connectivity index (χ0) is 14.3. The van der Waals surface area contributed by atoms with Gasteiger partial charge in [0.05, 0.1) is 0 Å². The Morgan fingerprint density at radius 2 is 1.06 bits per heavy atom. The second kappa shape index (κ2) is 7.98. The lowest BCUT2D eigenvalue weighted by atomic mass is 10.2. The van der Waals surface area contributed by atoms with Crippen LogP contribution in [0, 0.1) is 0 Å². The number of carbonyl (C=O) groups is 2. The number of carboxylic acids is 2. The lowest BCUT2D eigenvalue weighted by Gasteiger charge is -2.28. The highest BCUT2D eigenvalue weighted by molar-refractivity contribution is 5.83. The second-order valence-electron chi connectivity index (χ2n) is 4.17. The van der Waals surface area contributed by atoms with E-state index in [1.54, 1.807) is 0 Å². The molecule has 1 aliphatic rings. The summed E-state index contributed by atoms with van der Waals surface area (Å²) in [7, 11) is 4.35. The number of piperazine rings is 1. The predicted molar refractivity (Wildman–Crippen MR) is 62.3 cm³/mol. The summed E-state index contributed by atoms with van der Waals surface area (Å²) in [4.78, 5) is 24.3. The monoisotopic (exact) mass is 264 g/mol. The topological polar surface area (TPSA) is 122 Å². The van der Waals surface area contributed by atoms with Crippen LogP contribution in [0.2, 0.25) is 0 Å². The smallest absolute Gasteiger partial charge is 0.335 e. The Bertz CT molecular complexity index is 250. The maximum atomic E-state index is 9.77. The van der Waals surface area contributed by atoms with Crippen LogP contribution in [0.3, 0.4) is 0 Å². The van der Waals surface area contributed by atoms with Gasteiger partial charge in [-0.15, -0.1) is 0 Å². The maximum absolute atomic E-state index is 9.77. The summed E-state index contributed by atoms with van der Waals surface area (Å²) in [6.45, 7) is 4.93. The van der Waals surface area contributed by atoms with Gasteiger partial charge in [-0.2, -0.15) is 0 Å². The first-order chi connectivity index (χ1) is 8.25. The molecule has 8 heteroatoms. The number of nitrogens with zero attached hydrogens (tertiary/aromatic N) is 2. The first-order valence-corrected chi connectivity index (χ1v) is 5.44. The van der Waals surface area contributed by atoms with Crippen molar-refractivity contribution >= 4 is 11.9 Å². The molecule has 0 saturated carbocycles. The molecule has 8 nitrogen and oxygen atoms in total. The van der Waals surface area contributed by atoms with Gasteiger partial charge in [0.25, 0.3) is 0 Å². The number of likely N-dealkylation sites (N-methyl/N-ethyl adjacent to an activating group) is 2. The third kappa shape index (κ3) is 6.50. The fraction of sp³-hybridized carbons (Fsp3) is 0.800. The van der Waals surface area contributed by atoms with Crippen LogP contribution in [-0.4, -0.2) is 94.6 Å². The third-order valence-electron chi connectivity index (χ3n) is 2.53. The molecule has 2 unspecified atom stereocenters. The van der Waals surface area contributed by atoms with Gasteiger partial charge in [-0.1, -0.05) is 0 Å². The highest BCUT2D eigenvalue weighted by Crippen LogP contribution is 1.93. The van der Waals surface area contributed by atoms with Crippen LogP contribution >= 0.6 is 0 Å². The highest BCUT2D eigenvalue weighted by Gasteiger charge is 2.29. The molecule has 0 aromatic heterocycles. The summed E-state index contributed by atoms with van der Waals surface area (Å²) in [5, 5.41) is 32.5. The van der Waals surface area contributed by atoms with Gasteiger partial charge in [-0.05, 0) is 14.1 Å². The molecule has 1 saturated heterocycles. The standard InChI is InChI=1S/C6H14N2.C4H6O6/c1-7-3-5-8(2)6-4-7;5-1(3(7)8)2(6)4(9)10/h3-6H2,1-2H3;1-2,5-6H,(H,7,8)(H,9,10). The van der Waals surface area contributed by atoms with E-state index in [-0.39, 0.29) is 0 Å². The predicted octanol–water partition coefficient (Wildman–Crippen LogP) is -2.26. The Labute approximate surface area is 105 Å². The van der Waals surface area contributed by atoms with Crippen LogP contribution in [0.25, 0.3) is 0 Å². The number of aliphatic hydroxyl groups is 2. The van der Waals surface area contributed by atoms with Crippen molar-refractivity contribution in [3.05, 3.63) is 0 Å². The molecule has 0 radical (unpaired) electrons. The van der Waals surface area contributed by atoms with Gasteiger partial charge < -0.3 is 30.2 Å². The van der Waals surface area contributed by atoms with Crippen molar-refractivity contribution in [2.24, 2.45) is 0 Å². The van der Waals surface area contributed by atoms with E-state index in [0.717, 1.165) is 0 Å². The van der Waals surface area contributed by atoms with Crippen molar-refractivity contribution in [2.75, 3.05) is 40.3 Å². The zero-order valence-corrected chi connectivity index (χ0v) is 10.5. The van der Waals surface area contributed by atoms with E-state index >= 15 is 0 Å². The molecule has 0 aromatic rings. The van der Waals surface area contributed by atoms with Gasteiger partial charge in [0, 0.05) is 26.2 Å². The van der Waals surface area contributed by atoms with E-state index < -0.39 is 24.1 Å². The molecule has 1 fully saturated rings. The average molecular weight is 264 g/mol. The van der Waals surface area contributed by atoms with Gasteiger partial charge in [0.1, 0.15) is 0 Å². The van der Waals surface area contributed by atoms with Crippen LogP contribution in [0.5, 0.6) is 0 Å². The number of rotatable bonds is 3. The van der Waals surface area contributed by atoms with Crippen LogP contribution < -0.4 is 0 Å². The molecule has 106 valence electrons. The Morgan fingerprint density at radius 1 is 0.833 bits per heavy atom. The Morgan fingerprint density at radius 3 is 1.22 bits per heavy atom.